The summed E-state index contributed by atoms with van der Waals surface area (Å²) in [5, 5.41) is 16.8. The fraction of sp³-hybridized carbons (Fsp3) is 0.556. The number of nitrogens with one attached hydrogen (secondary N) is 2. The Labute approximate surface area is 146 Å². The number of hydrogen-bond acceptors (Lipinski definition) is 4. The number of amides is 2. The van der Waals surface area contributed by atoms with Crippen LogP contribution in [0.2, 0.25) is 0 Å². The number of hydrogen-bond donors (Lipinski definition) is 2. The number of rotatable bonds is 4. The van der Waals surface area contributed by atoms with Gasteiger partial charge >= 0.3 is 0 Å². The molecule has 0 bridgehead atoms. The Kier molecular flexibility index (Phi) is 5.01. The molecule has 1 aromatic carbocycles. The summed E-state index contributed by atoms with van der Waals surface area (Å²) in [4.78, 5) is 34.2. The third kappa shape index (κ3) is 4.15. The van der Waals surface area contributed by atoms with Crippen molar-refractivity contribution in [3.8, 4) is 0 Å². The molecule has 7 nitrogen and oxygen atoms in total. The van der Waals surface area contributed by atoms with Crippen LogP contribution in [0.5, 0.6) is 0 Å². The minimum Gasteiger partial charge on any atom is -0.353 e. The largest absolute Gasteiger partial charge is 0.353 e. The number of piperidine rings is 1. The highest BCUT2D eigenvalue weighted by molar-refractivity contribution is 5.79. The van der Waals surface area contributed by atoms with Gasteiger partial charge in [-0.3, -0.25) is 19.7 Å². The Bertz CT molecular complexity index is 673. The van der Waals surface area contributed by atoms with Gasteiger partial charge in [0.15, 0.2) is 0 Å². The Hall–Kier alpha value is -2.44. The van der Waals surface area contributed by atoms with E-state index in [9.17, 15) is 19.7 Å². The molecule has 25 heavy (non-hydrogen) atoms. The van der Waals surface area contributed by atoms with Crippen LogP contribution in [0.25, 0.3) is 0 Å². The van der Waals surface area contributed by atoms with Crippen molar-refractivity contribution in [2.45, 2.75) is 51.1 Å². The van der Waals surface area contributed by atoms with Crippen LogP contribution in [-0.2, 0) is 16.0 Å². The van der Waals surface area contributed by atoms with E-state index in [0.29, 0.717) is 18.3 Å². The van der Waals surface area contributed by atoms with E-state index in [1.807, 2.05) is 0 Å². The first kappa shape index (κ1) is 17.4. The summed E-state index contributed by atoms with van der Waals surface area (Å²) in [7, 11) is 0. The van der Waals surface area contributed by atoms with E-state index in [4.69, 9.17) is 0 Å². The number of non-ortho nitro benzene ring substituents is 1. The first-order valence-electron chi connectivity index (χ1n) is 8.74. The number of carbonyl (C=O) groups is 2. The maximum absolute atomic E-state index is 12.3. The lowest BCUT2D eigenvalue weighted by molar-refractivity contribution is -0.384. The van der Waals surface area contributed by atoms with E-state index < -0.39 is 4.92 Å². The van der Waals surface area contributed by atoms with Crippen molar-refractivity contribution >= 4 is 17.5 Å². The predicted octanol–water partition coefficient (Wildman–Crippen LogP) is 1.95. The van der Waals surface area contributed by atoms with Crippen LogP contribution in [0.1, 0.15) is 38.2 Å². The van der Waals surface area contributed by atoms with E-state index >= 15 is 0 Å². The molecule has 1 saturated carbocycles. The van der Waals surface area contributed by atoms with Crippen LogP contribution in [-0.4, -0.2) is 28.8 Å². The number of nitro groups is 1. The molecule has 0 aromatic heterocycles. The average Bonchev–Trinajstić information content (AvgIpc) is 2.54. The van der Waals surface area contributed by atoms with E-state index in [1.54, 1.807) is 12.1 Å². The van der Waals surface area contributed by atoms with Crippen LogP contribution in [0.4, 0.5) is 5.69 Å². The summed E-state index contributed by atoms with van der Waals surface area (Å²) in [5.74, 6) is 0.912. The summed E-state index contributed by atoms with van der Waals surface area (Å²) in [6.07, 6.45) is 3.50. The third-order valence-corrected chi connectivity index (χ3v) is 5.37. The molecule has 0 radical (unpaired) electrons. The first-order chi connectivity index (χ1) is 11.9. The second-order valence-electron chi connectivity index (χ2n) is 7.20. The third-order valence-electron chi connectivity index (χ3n) is 5.37. The number of fused-ring (bicyclic) bond motifs is 1. The van der Waals surface area contributed by atoms with Crippen molar-refractivity contribution in [3.63, 3.8) is 0 Å². The molecule has 1 aliphatic heterocycles. The topological polar surface area (TPSA) is 101 Å². The maximum Gasteiger partial charge on any atom is 0.269 e. The van der Waals surface area contributed by atoms with Crippen LogP contribution >= 0.6 is 0 Å². The van der Waals surface area contributed by atoms with Crippen molar-refractivity contribution < 1.29 is 14.5 Å². The SMILES string of the molecule is CC1CC(=O)NC2CC(NC(=O)Cc3ccc([N+](=O)[O-])cc3)CCC12. The highest BCUT2D eigenvalue weighted by Crippen LogP contribution is 2.35. The van der Waals surface area contributed by atoms with Gasteiger partial charge in [0, 0.05) is 30.6 Å². The normalized spacial score (nSPS) is 28.6. The van der Waals surface area contributed by atoms with Crippen LogP contribution in [0.15, 0.2) is 24.3 Å². The molecular formula is C18H23N3O4. The van der Waals surface area contributed by atoms with Crippen molar-refractivity contribution in [2.24, 2.45) is 11.8 Å². The highest BCUT2D eigenvalue weighted by Gasteiger charge is 2.38. The molecule has 1 saturated heterocycles. The van der Waals surface area contributed by atoms with Gasteiger partial charge in [-0.25, -0.2) is 0 Å². The molecule has 2 N–H and O–H groups in total. The second kappa shape index (κ2) is 7.21. The van der Waals surface area contributed by atoms with Crippen molar-refractivity contribution in [2.75, 3.05) is 0 Å². The molecule has 3 rings (SSSR count). The number of nitrogens with zero attached hydrogens (tertiary/aromatic N) is 1. The minimum atomic E-state index is -0.457. The van der Waals surface area contributed by atoms with E-state index in [-0.39, 0.29) is 36.0 Å². The Balaban J connectivity index is 1.53. The average molecular weight is 345 g/mol. The van der Waals surface area contributed by atoms with Gasteiger partial charge in [-0.05, 0) is 36.7 Å². The van der Waals surface area contributed by atoms with Gasteiger partial charge in [0.05, 0.1) is 11.3 Å². The second-order valence-corrected chi connectivity index (χ2v) is 7.20. The van der Waals surface area contributed by atoms with Gasteiger partial charge in [0.1, 0.15) is 0 Å². The molecule has 2 fully saturated rings. The Morgan fingerprint density at radius 3 is 2.72 bits per heavy atom. The van der Waals surface area contributed by atoms with Crippen LogP contribution < -0.4 is 10.6 Å². The van der Waals surface area contributed by atoms with Gasteiger partial charge in [-0.1, -0.05) is 19.1 Å². The quantitative estimate of drug-likeness (QED) is 0.643. The number of carbonyl (C=O) groups excluding carboxylic acids is 2. The standard InChI is InChI=1S/C18H23N3O4/c1-11-8-17(22)20-16-10-13(4-7-15(11)16)19-18(23)9-12-2-5-14(6-3-12)21(24)25/h2-3,5-6,11,13,15-16H,4,7-10H2,1H3,(H,19,23)(H,20,22). The molecule has 1 aliphatic carbocycles. The summed E-state index contributed by atoms with van der Waals surface area (Å²) in [6, 6.07) is 6.25. The number of nitro benzene ring substituents is 1. The molecule has 134 valence electrons. The number of benzene rings is 1. The molecular weight excluding hydrogens is 322 g/mol. The fourth-order valence-electron chi connectivity index (χ4n) is 4.08. The van der Waals surface area contributed by atoms with Crippen molar-refractivity contribution in [1.82, 2.24) is 10.6 Å². The van der Waals surface area contributed by atoms with Gasteiger partial charge in [-0.2, -0.15) is 0 Å². The van der Waals surface area contributed by atoms with Crippen molar-refractivity contribution in [3.05, 3.63) is 39.9 Å². The molecule has 1 aromatic rings. The molecule has 2 amide bonds. The van der Waals surface area contributed by atoms with E-state index in [2.05, 4.69) is 17.6 Å². The van der Waals surface area contributed by atoms with Gasteiger partial charge in [0.2, 0.25) is 11.8 Å². The monoisotopic (exact) mass is 345 g/mol. The Morgan fingerprint density at radius 1 is 1.32 bits per heavy atom. The van der Waals surface area contributed by atoms with Gasteiger partial charge in [-0.15, -0.1) is 0 Å². The first-order valence-corrected chi connectivity index (χ1v) is 8.74. The molecule has 2 aliphatic rings. The molecule has 4 atom stereocenters. The van der Waals surface area contributed by atoms with Gasteiger partial charge < -0.3 is 10.6 Å². The lowest BCUT2D eigenvalue weighted by Crippen LogP contribution is -2.55. The lowest BCUT2D eigenvalue weighted by Gasteiger charge is -2.43. The zero-order chi connectivity index (χ0) is 18.0. The zero-order valence-electron chi connectivity index (χ0n) is 14.2. The molecule has 7 heteroatoms. The summed E-state index contributed by atoms with van der Waals surface area (Å²) in [6.45, 7) is 2.13. The minimum absolute atomic E-state index is 0.0182. The van der Waals surface area contributed by atoms with Gasteiger partial charge in [0.25, 0.3) is 5.69 Å². The smallest absolute Gasteiger partial charge is 0.269 e. The summed E-state index contributed by atoms with van der Waals surface area (Å²) < 4.78 is 0. The molecule has 4 unspecified atom stereocenters. The Morgan fingerprint density at radius 2 is 2.04 bits per heavy atom. The molecule has 0 spiro atoms. The molecule has 1 heterocycles. The maximum atomic E-state index is 12.3. The zero-order valence-corrected chi connectivity index (χ0v) is 14.2. The summed E-state index contributed by atoms with van der Waals surface area (Å²) >= 11 is 0. The van der Waals surface area contributed by atoms with Crippen molar-refractivity contribution in [1.29, 1.82) is 0 Å². The van der Waals surface area contributed by atoms with E-state index in [0.717, 1.165) is 24.8 Å². The highest BCUT2D eigenvalue weighted by atomic mass is 16.6. The van der Waals surface area contributed by atoms with Crippen LogP contribution in [0, 0.1) is 22.0 Å². The lowest BCUT2D eigenvalue weighted by atomic mass is 9.72. The van der Waals surface area contributed by atoms with Crippen LogP contribution in [0.3, 0.4) is 0 Å². The predicted molar refractivity (Wildman–Crippen MR) is 91.8 cm³/mol. The van der Waals surface area contributed by atoms with E-state index in [1.165, 1.54) is 12.1 Å². The fourth-order valence-corrected chi connectivity index (χ4v) is 4.08. The summed E-state index contributed by atoms with van der Waals surface area (Å²) in [5.41, 5.74) is 0.765.